The summed E-state index contributed by atoms with van der Waals surface area (Å²) >= 11 is 0. The first-order chi connectivity index (χ1) is 16.1. The molecule has 1 saturated heterocycles. The Hall–Kier alpha value is -3.79. The number of carbonyl (C=O) groups is 3. The summed E-state index contributed by atoms with van der Waals surface area (Å²) in [4.78, 5) is 38.8. The summed E-state index contributed by atoms with van der Waals surface area (Å²) in [7, 11) is 1.58. The van der Waals surface area contributed by atoms with Crippen LogP contribution in [0.25, 0.3) is 0 Å². The Balaban J connectivity index is 1.25. The molecular weight excluding hydrogens is 430 g/mol. The average Bonchev–Trinajstić information content (AvgIpc) is 3.51. The number of benzene rings is 2. The zero-order valence-corrected chi connectivity index (χ0v) is 18.2. The van der Waals surface area contributed by atoms with E-state index in [1.165, 1.54) is 4.90 Å². The minimum atomic E-state index is -0.791. The molecule has 2 aliphatic rings. The summed E-state index contributed by atoms with van der Waals surface area (Å²) in [6.45, 7) is 1.10. The fourth-order valence-electron chi connectivity index (χ4n) is 3.68. The van der Waals surface area contributed by atoms with Crippen LogP contribution in [0.2, 0.25) is 0 Å². The summed E-state index contributed by atoms with van der Waals surface area (Å²) in [6, 6.07) is 12.4. The van der Waals surface area contributed by atoms with Gasteiger partial charge in [-0.2, -0.15) is 0 Å². The van der Waals surface area contributed by atoms with E-state index in [0.717, 1.165) is 11.3 Å². The molecule has 2 aromatic rings. The molecule has 1 unspecified atom stereocenters. The first kappa shape index (κ1) is 22.4. The summed E-state index contributed by atoms with van der Waals surface area (Å²) in [5.74, 6) is 0.0195. The van der Waals surface area contributed by atoms with Crippen molar-refractivity contribution in [2.45, 2.75) is 12.6 Å². The highest BCUT2D eigenvalue weighted by atomic mass is 16.7. The lowest BCUT2D eigenvalue weighted by Crippen LogP contribution is -2.47. The molecule has 1 fully saturated rings. The zero-order valence-electron chi connectivity index (χ0n) is 18.2. The van der Waals surface area contributed by atoms with Gasteiger partial charge in [0.05, 0.1) is 20.3 Å². The molecule has 0 saturated carbocycles. The quantitative estimate of drug-likeness (QED) is 0.591. The molecule has 2 heterocycles. The second-order valence-electron chi connectivity index (χ2n) is 7.42. The lowest BCUT2D eigenvalue weighted by Gasteiger charge is -2.23. The van der Waals surface area contributed by atoms with E-state index in [9.17, 15) is 14.4 Å². The first-order valence-corrected chi connectivity index (χ1v) is 10.6. The van der Waals surface area contributed by atoms with Crippen LogP contribution in [-0.4, -0.2) is 69.0 Å². The highest BCUT2D eigenvalue weighted by Crippen LogP contribution is 2.33. The van der Waals surface area contributed by atoms with Crippen LogP contribution in [0, 0.1) is 0 Å². The van der Waals surface area contributed by atoms with Gasteiger partial charge in [0.1, 0.15) is 12.0 Å². The Kier molecular flexibility index (Phi) is 6.94. The van der Waals surface area contributed by atoms with Crippen molar-refractivity contribution in [3.8, 4) is 17.2 Å². The van der Waals surface area contributed by atoms with Crippen molar-refractivity contribution in [1.29, 1.82) is 0 Å². The van der Waals surface area contributed by atoms with E-state index in [1.807, 2.05) is 24.3 Å². The number of methoxy groups -OCH3 is 1. The number of para-hydroxylation sites is 1. The summed E-state index contributed by atoms with van der Waals surface area (Å²) < 4.78 is 21.5. The van der Waals surface area contributed by atoms with Crippen LogP contribution in [0.1, 0.15) is 15.9 Å². The summed E-state index contributed by atoms with van der Waals surface area (Å²) in [5.41, 5.74) is 1.35. The molecule has 33 heavy (non-hydrogen) atoms. The van der Waals surface area contributed by atoms with Crippen LogP contribution in [0.15, 0.2) is 42.5 Å². The molecule has 3 amide bonds. The maximum absolute atomic E-state index is 12.9. The zero-order chi connectivity index (χ0) is 23.2. The second kappa shape index (κ2) is 10.2. The van der Waals surface area contributed by atoms with Gasteiger partial charge in [-0.05, 0) is 36.2 Å². The molecule has 10 heteroatoms. The van der Waals surface area contributed by atoms with Crippen molar-refractivity contribution < 1.29 is 33.3 Å². The number of hydrogen-bond donors (Lipinski definition) is 2. The number of fused-ring (bicyclic) bond motifs is 1. The van der Waals surface area contributed by atoms with Crippen LogP contribution in [0.3, 0.4) is 0 Å². The number of ether oxygens (including phenoxy) is 4. The predicted molar refractivity (Wildman–Crippen MR) is 116 cm³/mol. The van der Waals surface area contributed by atoms with E-state index in [2.05, 4.69) is 10.6 Å². The summed E-state index contributed by atoms with van der Waals surface area (Å²) in [6.07, 6.45) is -0.152. The van der Waals surface area contributed by atoms with Crippen molar-refractivity contribution in [3.63, 3.8) is 0 Å². The van der Waals surface area contributed by atoms with E-state index in [4.69, 9.17) is 18.9 Å². The van der Waals surface area contributed by atoms with Crippen LogP contribution in [0.5, 0.6) is 17.2 Å². The molecule has 4 rings (SSSR count). The number of carbonyl (C=O) groups excluding carboxylic acids is 3. The molecule has 0 bridgehead atoms. The molecule has 174 valence electrons. The number of amides is 3. The molecule has 0 aromatic heterocycles. The van der Waals surface area contributed by atoms with Gasteiger partial charge < -0.3 is 34.5 Å². The average molecular weight is 455 g/mol. The SMILES string of the molecule is COc1ccccc1CCNC(=O)C(=O)NCC1OCCN1C(=O)c1ccc2c(c1)OCO2. The molecule has 0 spiro atoms. The number of rotatable bonds is 7. The van der Waals surface area contributed by atoms with Gasteiger partial charge in [0.15, 0.2) is 11.5 Å². The maximum atomic E-state index is 12.9. The Labute approximate surface area is 190 Å². The monoisotopic (exact) mass is 455 g/mol. The molecule has 1 atom stereocenters. The Bertz CT molecular complexity index is 1040. The van der Waals surface area contributed by atoms with Crippen molar-refractivity contribution in [2.24, 2.45) is 0 Å². The maximum Gasteiger partial charge on any atom is 0.309 e. The van der Waals surface area contributed by atoms with E-state index >= 15 is 0 Å². The van der Waals surface area contributed by atoms with Gasteiger partial charge in [-0.3, -0.25) is 14.4 Å². The largest absolute Gasteiger partial charge is 0.496 e. The Morgan fingerprint density at radius 2 is 1.85 bits per heavy atom. The standard InChI is InChI=1S/C23H25N3O7/c1-30-17-5-3-2-4-15(17)8-9-24-21(27)22(28)25-13-20-26(10-11-31-20)23(29)16-6-7-18-19(12-16)33-14-32-18/h2-7,12,20H,8-11,13-14H2,1H3,(H,24,27)(H,25,28). The third kappa shape index (κ3) is 5.17. The third-order valence-electron chi connectivity index (χ3n) is 5.39. The van der Waals surface area contributed by atoms with Crippen LogP contribution in [-0.2, 0) is 20.7 Å². The molecule has 2 N–H and O–H groups in total. The van der Waals surface area contributed by atoms with E-state index in [-0.39, 0.29) is 25.8 Å². The minimum Gasteiger partial charge on any atom is -0.496 e. The van der Waals surface area contributed by atoms with Gasteiger partial charge in [0.2, 0.25) is 6.79 Å². The van der Waals surface area contributed by atoms with E-state index < -0.39 is 18.0 Å². The number of hydrogen-bond acceptors (Lipinski definition) is 7. The van der Waals surface area contributed by atoms with Crippen molar-refractivity contribution in [3.05, 3.63) is 53.6 Å². The molecule has 2 aliphatic heterocycles. The van der Waals surface area contributed by atoms with E-state index in [0.29, 0.717) is 36.6 Å². The van der Waals surface area contributed by atoms with Gasteiger partial charge in [-0.1, -0.05) is 18.2 Å². The predicted octanol–water partition coefficient (Wildman–Crippen LogP) is 0.698. The molecule has 2 aromatic carbocycles. The third-order valence-corrected chi connectivity index (χ3v) is 5.39. The van der Waals surface area contributed by atoms with Crippen LogP contribution >= 0.6 is 0 Å². The lowest BCUT2D eigenvalue weighted by atomic mass is 10.1. The molecular formula is C23H25N3O7. The summed E-state index contributed by atoms with van der Waals surface area (Å²) in [5, 5.41) is 5.12. The molecule has 0 aliphatic carbocycles. The van der Waals surface area contributed by atoms with Gasteiger partial charge in [0.25, 0.3) is 5.91 Å². The topological polar surface area (TPSA) is 115 Å². The highest BCUT2D eigenvalue weighted by Gasteiger charge is 2.32. The number of nitrogens with zero attached hydrogens (tertiary/aromatic N) is 1. The fourth-order valence-corrected chi connectivity index (χ4v) is 3.68. The smallest absolute Gasteiger partial charge is 0.309 e. The molecule has 0 radical (unpaired) electrons. The highest BCUT2D eigenvalue weighted by molar-refractivity contribution is 6.35. The fraction of sp³-hybridized carbons (Fsp3) is 0.348. The number of nitrogens with one attached hydrogen (secondary N) is 2. The molecule has 10 nitrogen and oxygen atoms in total. The van der Waals surface area contributed by atoms with Gasteiger partial charge in [-0.15, -0.1) is 0 Å². The van der Waals surface area contributed by atoms with Crippen molar-refractivity contribution in [2.75, 3.05) is 40.1 Å². The van der Waals surface area contributed by atoms with Crippen molar-refractivity contribution in [1.82, 2.24) is 15.5 Å². The normalized spacial score (nSPS) is 16.4. The minimum absolute atomic E-state index is 0.00491. The van der Waals surface area contributed by atoms with Crippen LogP contribution in [0.4, 0.5) is 0 Å². The van der Waals surface area contributed by atoms with Crippen molar-refractivity contribution >= 4 is 17.7 Å². The second-order valence-corrected chi connectivity index (χ2v) is 7.42. The first-order valence-electron chi connectivity index (χ1n) is 10.6. The Morgan fingerprint density at radius 1 is 1.06 bits per heavy atom. The van der Waals surface area contributed by atoms with Gasteiger partial charge in [-0.25, -0.2) is 0 Å². The lowest BCUT2D eigenvalue weighted by molar-refractivity contribution is -0.139. The van der Waals surface area contributed by atoms with Crippen LogP contribution < -0.4 is 24.8 Å². The van der Waals surface area contributed by atoms with Gasteiger partial charge >= 0.3 is 11.8 Å². The Morgan fingerprint density at radius 3 is 2.70 bits per heavy atom. The van der Waals surface area contributed by atoms with E-state index in [1.54, 1.807) is 25.3 Å². The van der Waals surface area contributed by atoms with Gasteiger partial charge in [0, 0.05) is 18.7 Å².